The monoisotopic (exact) mass is 256 g/mol. The van der Waals surface area contributed by atoms with Gasteiger partial charge < -0.3 is 4.57 Å². The van der Waals surface area contributed by atoms with Gasteiger partial charge >= 0.3 is 6.18 Å². The van der Waals surface area contributed by atoms with Gasteiger partial charge in [-0.25, -0.2) is 4.39 Å². The third-order valence-corrected chi connectivity index (χ3v) is 2.79. The van der Waals surface area contributed by atoms with Crippen LogP contribution in [-0.2, 0) is 19.6 Å². The summed E-state index contributed by atoms with van der Waals surface area (Å²) in [5.74, 6) is -0.624. The van der Waals surface area contributed by atoms with E-state index in [1.165, 1.54) is 13.1 Å². The molecule has 2 rings (SSSR count). The number of hydrogen-bond donors (Lipinski definition) is 0. The van der Waals surface area contributed by atoms with Gasteiger partial charge in [-0.05, 0) is 18.2 Å². The molecule has 0 aliphatic rings. The molecule has 0 N–H and O–H groups in total. The van der Waals surface area contributed by atoms with Crippen LogP contribution in [0.2, 0.25) is 0 Å². The van der Waals surface area contributed by atoms with E-state index in [0.717, 1.165) is 16.7 Å². The van der Waals surface area contributed by atoms with E-state index in [4.69, 9.17) is 5.26 Å². The van der Waals surface area contributed by atoms with E-state index >= 15 is 0 Å². The van der Waals surface area contributed by atoms with Crippen molar-refractivity contribution in [2.75, 3.05) is 0 Å². The molecule has 0 amide bonds. The van der Waals surface area contributed by atoms with Crippen LogP contribution in [0.15, 0.2) is 18.2 Å². The van der Waals surface area contributed by atoms with Crippen LogP contribution < -0.4 is 0 Å². The van der Waals surface area contributed by atoms with Gasteiger partial charge in [0.25, 0.3) is 0 Å². The normalized spacial score (nSPS) is 11.8. The first-order valence-corrected chi connectivity index (χ1v) is 5.07. The number of rotatable bonds is 1. The standard InChI is InChI=1S/C12H8F4N2/c1-18-10-3-2-7(13)6-9(10)8(4-5-17)11(18)12(14,15)16/h2-3,6H,4H2,1H3. The Balaban J connectivity index is 2.89. The minimum atomic E-state index is -4.57. The first-order chi connectivity index (χ1) is 8.36. The lowest BCUT2D eigenvalue weighted by atomic mass is 10.1. The zero-order valence-corrected chi connectivity index (χ0v) is 9.35. The molecule has 0 spiro atoms. The second kappa shape index (κ2) is 4.02. The van der Waals surface area contributed by atoms with E-state index in [0.29, 0.717) is 0 Å². The minimum Gasteiger partial charge on any atom is -0.340 e. The number of benzene rings is 1. The lowest BCUT2D eigenvalue weighted by molar-refractivity contribution is -0.143. The Morgan fingerprint density at radius 2 is 2.00 bits per heavy atom. The van der Waals surface area contributed by atoms with Gasteiger partial charge in [0.15, 0.2) is 0 Å². The van der Waals surface area contributed by atoms with Crippen molar-refractivity contribution >= 4 is 10.9 Å². The number of hydrogen-bond acceptors (Lipinski definition) is 1. The number of halogens is 4. The highest BCUT2D eigenvalue weighted by Crippen LogP contribution is 2.37. The van der Waals surface area contributed by atoms with E-state index in [2.05, 4.69) is 0 Å². The van der Waals surface area contributed by atoms with Crippen molar-refractivity contribution in [2.24, 2.45) is 7.05 Å². The predicted molar refractivity (Wildman–Crippen MR) is 57.2 cm³/mol. The average Bonchev–Trinajstić information content (AvgIpc) is 2.52. The molecule has 0 fully saturated rings. The van der Waals surface area contributed by atoms with Crippen LogP contribution in [0.4, 0.5) is 17.6 Å². The van der Waals surface area contributed by atoms with Crippen LogP contribution >= 0.6 is 0 Å². The summed E-state index contributed by atoms with van der Waals surface area (Å²) in [4.78, 5) is 0. The number of nitrogens with zero attached hydrogens (tertiary/aromatic N) is 2. The molecule has 0 radical (unpaired) electrons. The van der Waals surface area contributed by atoms with Crippen molar-refractivity contribution in [1.82, 2.24) is 4.57 Å². The summed E-state index contributed by atoms with van der Waals surface area (Å²) >= 11 is 0. The molecule has 0 bridgehead atoms. The van der Waals surface area contributed by atoms with Crippen molar-refractivity contribution < 1.29 is 17.6 Å². The SMILES string of the molecule is Cn1c(C(F)(F)F)c(CC#N)c2cc(F)ccc21. The second-order valence-electron chi connectivity index (χ2n) is 3.88. The highest BCUT2D eigenvalue weighted by atomic mass is 19.4. The largest absolute Gasteiger partial charge is 0.431 e. The van der Waals surface area contributed by atoms with Crippen LogP contribution in [0.3, 0.4) is 0 Å². The van der Waals surface area contributed by atoms with Crippen molar-refractivity contribution in [1.29, 1.82) is 5.26 Å². The van der Waals surface area contributed by atoms with E-state index in [-0.39, 0.29) is 16.5 Å². The van der Waals surface area contributed by atoms with Gasteiger partial charge in [-0.1, -0.05) is 0 Å². The molecule has 18 heavy (non-hydrogen) atoms. The van der Waals surface area contributed by atoms with Gasteiger partial charge in [0, 0.05) is 23.5 Å². The molecule has 0 atom stereocenters. The van der Waals surface area contributed by atoms with Gasteiger partial charge in [0.05, 0.1) is 12.5 Å². The van der Waals surface area contributed by atoms with E-state index in [1.807, 2.05) is 0 Å². The number of fused-ring (bicyclic) bond motifs is 1. The molecule has 0 aliphatic carbocycles. The Bertz CT molecular complexity index is 647. The predicted octanol–water partition coefficient (Wildman–Crippen LogP) is 3.40. The van der Waals surface area contributed by atoms with Crippen molar-refractivity contribution in [2.45, 2.75) is 12.6 Å². The molecule has 6 heteroatoms. The first-order valence-electron chi connectivity index (χ1n) is 5.07. The van der Waals surface area contributed by atoms with Crippen LogP contribution in [0.5, 0.6) is 0 Å². The van der Waals surface area contributed by atoms with Gasteiger partial charge in [-0.3, -0.25) is 0 Å². The Kier molecular flexibility index (Phi) is 2.77. The molecular weight excluding hydrogens is 248 g/mol. The summed E-state index contributed by atoms with van der Waals surface area (Å²) in [6.07, 6.45) is -4.98. The third-order valence-electron chi connectivity index (χ3n) is 2.79. The molecule has 1 heterocycles. The number of aromatic nitrogens is 1. The maximum absolute atomic E-state index is 13.1. The Hall–Kier alpha value is -2.03. The number of nitriles is 1. The fraction of sp³-hybridized carbons (Fsp3) is 0.250. The topological polar surface area (TPSA) is 28.7 Å². The first kappa shape index (κ1) is 12.4. The van der Waals surface area contributed by atoms with Crippen LogP contribution in [-0.4, -0.2) is 4.57 Å². The number of alkyl halides is 3. The number of aryl methyl sites for hydroxylation is 1. The lowest BCUT2D eigenvalue weighted by Gasteiger charge is -2.09. The molecule has 1 aromatic carbocycles. The molecule has 1 aromatic heterocycles. The van der Waals surface area contributed by atoms with Crippen LogP contribution in [0.25, 0.3) is 10.9 Å². The maximum Gasteiger partial charge on any atom is 0.431 e. The summed E-state index contributed by atoms with van der Waals surface area (Å²) in [6.45, 7) is 0. The summed E-state index contributed by atoms with van der Waals surface area (Å²) in [5.41, 5.74) is -0.819. The average molecular weight is 256 g/mol. The van der Waals surface area contributed by atoms with Crippen molar-refractivity contribution in [3.8, 4) is 6.07 Å². The molecule has 0 unspecified atom stereocenters. The fourth-order valence-electron chi connectivity index (χ4n) is 2.11. The smallest absolute Gasteiger partial charge is 0.340 e. The Morgan fingerprint density at radius 3 is 2.56 bits per heavy atom. The van der Waals surface area contributed by atoms with Gasteiger partial charge in [0.1, 0.15) is 11.5 Å². The summed E-state index contributed by atoms with van der Waals surface area (Å²) in [5, 5.41) is 8.76. The molecule has 0 saturated carbocycles. The highest BCUT2D eigenvalue weighted by molar-refractivity contribution is 5.86. The molecule has 0 saturated heterocycles. The second-order valence-corrected chi connectivity index (χ2v) is 3.88. The highest BCUT2D eigenvalue weighted by Gasteiger charge is 2.38. The Labute approximate surface area is 100 Å². The molecule has 2 aromatic rings. The maximum atomic E-state index is 13.1. The zero-order chi connectivity index (χ0) is 13.5. The Morgan fingerprint density at radius 1 is 1.33 bits per heavy atom. The van der Waals surface area contributed by atoms with Crippen molar-refractivity contribution in [3.63, 3.8) is 0 Å². The fourth-order valence-corrected chi connectivity index (χ4v) is 2.11. The van der Waals surface area contributed by atoms with Gasteiger partial charge in [0.2, 0.25) is 0 Å². The summed E-state index contributed by atoms with van der Waals surface area (Å²) in [6, 6.07) is 5.09. The molecule has 94 valence electrons. The van der Waals surface area contributed by atoms with Crippen LogP contribution in [0.1, 0.15) is 11.3 Å². The molecule has 2 nitrogen and oxygen atoms in total. The van der Waals surface area contributed by atoms with E-state index < -0.39 is 24.1 Å². The quantitative estimate of drug-likeness (QED) is 0.719. The van der Waals surface area contributed by atoms with Crippen LogP contribution in [0, 0.1) is 17.1 Å². The molecular formula is C12H8F4N2. The zero-order valence-electron chi connectivity index (χ0n) is 9.35. The van der Waals surface area contributed by atoms with Crippen molar-refractivity contribution in [3.05, 3.63) is 35.3 Å². The lowest BCUT2D eigenvalue weighted by Crippen LogP contribution is -2.13. The van der Waals surface area contributed by atoms with Gasteiger partial charge in [-0.15, -0.1) is 0 Å². The summed E-state index contributed by atoms with van der Waals surface area (Å²) < 4.78 is 52.9. The molecule has 0 aliphatic heterocycles. The third kappa shape index (κ3) is 1.82. The van der Waals surface area contributed by atoms with Gasteiger partial charge in [-0.2, -0.15) is 18.4 Å². The van der Waals surface area contributed by atoms with E-state index in [9.17, 15) is 17.6 Å². The summed E-state index contributed by atoms with van der Waals surface area (Å²) in [7, 11) is 1.25. The minimum absolute atomic E-state index is 0.131. The van der Waals surface area contributed by atoms with E-state index in [1.54, 1.807) is 6.07 Å².